The van der Waals surface area contributed by atoms with Gasteiger partial charge in [0, 0.05) is 76.6 Å². The van der Waals surface area contributed by atoms with E-state index in [1.807, 2.05) is 115 Å². The maximum absolute atomic E-state index is 8.46. The minimum atomic E-state index is -2.31. The number of rotatable bonds is 7. The zero-order valence-electron chi connectivity index (χ0n) is 35.8. The molecule has 9 aromatic rings. The summed E-state index contributed by atoms with van der Waals surface area (Å²) in [5.74, 6) is 1.91. The van der Waals surface area contributed by atoms with Crippen molar-refractivity contribution in [3.05, 3.63) is 200 Å². The molecule has 10 rings (SSSR count). The minimum absolute atomic E-state index is 0. The summed E-state index contributed by atoms with van der Waals surface area (Å²) in [4.78, 5) is 9.09. The van der Waals surface area contributed by atoms with Gasteiger partial charge in [0.15, 0.2) is 0 Å². The van der Waals surface area contributed by atoms with Gasteiger partial charge in [-0.1, -0.05) is 117 Å². The van der Waals surface area contributed by atoms with Crippen molar-refractivity contribution in [2.24, 2.45) is 0 Å². The molecular weight excluding hydrogens is 904 g/mol. The van der Waals surface area contributed by atoms with Crippen molar-refractivity contribution in [2.45, 2.75) is 33.0 Å². The van der Waals surface area contributed by atoms with Crippen molar-refractivity contribution in [1.82, 2.24) is 9.55 Å². The Morgan fingerprint density at radius 3 is 1.97 bits per heavy atom. The number of aromatic nitrogens is 2. The summed E-state index contributed by atoms with van der Waals surface area (Å²) in [7, 11) is 0. The molecule has 0 fully saturated rings. The second kappa shape index (κ2) is 15.4. The van der Waals surface area contributed by atoms with Gasteiger partial charge in [-0.25, -0.2) is 4.98 Å². The van der Waals surface area contributed by atoms with Crippen molar-refractivity contribution >= 4 is 44.6 Å². The van der Waals surface area contributed by atoms with Gasteiger partial charge >= 0.3 is 0 Å². The number of nitrogens with zero attached hydrogens (tertiary/aromatic N) is 4. The second-order valence-corrected chi connectivity index (χ2v) is 15.6. The number of aryl methyl sites for hydroxylation is 1. The van der Waals surface area contributed by atoms with Crippen LogP contribution < -0.4 is 14.5 Å². The van der Waals surface area contributed by atoms with E-state index in [-0.39, 0.29) is 32.0 Å². The molecule has 3 heterocycles. The van der Waals surface area contributed by atoms with E-state index in [1.54, 1.807) is 0 Å². The van der Waals surface area contributed by atoms with Crippen LogP contribution in [0.5, 0.6) is 11.5 Å². The molecular formula is C53H41N4OPt-3. The zero-order valence-corrected chi connectivity index (χ0v) is 35.0. The first-order chi connectivity index (χ1) is 29.5. The smallest absolute Gasteiger partial charge is 0.135 e. The summed E-state index contributed by atoms with van der Waals surface area (Å²) in [6.45, 7) is 6.37. The van der Waals surface area contributed by atoms with Gasteiger partial charge in [0.2, 0.25) is 0 Å². The third kappa shape index (κ3) is 7.00. The molecule has 6 heteroatoms. The molecule has 0 amide bonds. The van der Waals surface area contributed by atoms with Crippen LogP contribution in [0.2, 0.25) is 0 Å². The molecule has 1 aliphatic heterocycles. The molecule has 1 aliphatic rings. The van der Waals surface area contributed by atoms with Gasteiger partial charge < -0.3 is 19.1 Å². The monoisotopic (exact) mass is 947 g/mol. The number of ether oxygens (including phenoxy) is 1. The third-order valence-electron chi connectivity index (χ3n) is 10.8. The number of para-hydroxylation sites is 3. The summed E-state index contributed by atoms with van der Waals surface area (Å²) >= 11 is 0. The standard InChI is InChI=1S/C53H41N4O.Pt/c1-36-30-45(37-16-7-5-8-17-37)52(46(31-36)38-18-9-6-10-19-38)56-35-55(48-24-13-14-25-49(48)56)40-20-15-21-41(33-40)58-42-26-27-44-43-22-11-12-23-47(43)57(50(44)34-42)51-32-39(28-29-54-51)53(2,3)4;/h5-32,35H,1-4H3;/q-3;/i1D3;. The summed E-state index contributed by atoms with van der Waals surface area (Å²) in [6, 6.07) is 61.5. The van der Waals surface area contributed by atoms with E-state index in [2.05, 4.69) is 109 Å². The van der Waals surface area contributed by atoms with Gasteiger partial charge in [-0.2, -0.15) is 12.1 Å². The maximum Gasteiger partial charge on any atom is 0.135 e. The average Bonchev–Trinajstić information content (AvgIpc) is 3.82. The van der Waals surface area contributed by atoms with E-state index < -0.39 is 6.85 Å². The topological polar surface area (TPSA) is 33.5 Å². The Kier molecular flexibility index (Phi) is 9.03. The maximum atomic E-state index is 8.46. The number of fused-ring (bicyclic) bond motifs is 4. The van der Waals surface area contributed by atoms with Gasteiger partial charge in [-0.15, -0.1) is 48.1 Å². The molecule has 0 radical (unpaired) electrons. The van der Waals surface area contributed by atoms with Crippen molar-refractivity contribution in [3.8, 4) is 39.6 Å². The molecule has 292 valence electrons. The van der Waals surface area contributed by atoms with Crippen molar-refractivity contribution in [2.75, 3.05) is 9.80 Å². The molecule has 0 saturated carbocycles. The van der Waals surface area contributed by atoms with Crippen LogP contribution in [0.1, 0.15) is 36.0 Å². The molecule has 0 spiro atoms. The van der Waals surface area contributed by atoms with Crippen LogP contribution in [0.4, 0.5) is 22.7 Å². The van der Waals surface area contributed by atoms with E-state index in [9.17, 15) is 0 Å². The van der Waals surface area contributed by atoms with E-state index in [4.69, 9.17) is 13.8 Å². The van der Waals surface area contributed by atoms with Crippen molar-refractivity contribution in [3.63, 3.8) is 0 Å². The Hall–Kier alpha value is -6.42. The minimum Gasteiger partial charge on any atom is -0.509 e. The molecule has 59 heavy (non-hydrogen) atoms. The first kappa shape index (κ1) is 34.6. The Labute approximate surface area is 364 Å². The Morgan fingerprint density at radius 1 is 0.627 bits per heavy atom. The van der Waals surface area contributed by atoms with Gasteiger partial charge in [0.1, 0.15) is 5.82 Å². The first-order valence-electron chi connectivity index (χ1n) is 21.0. The van der Waals surface area contributed by atoms with Crippen molar-refractivity contribution < 1.29 is 29.9 Å². The first-order valence-corrected chi connectivity index (χ1v) is 19.5. The average molecular weight is 948 g/mol. The summed E-state index contributed by atoms with van der Waals surface area (Å²) in [5, 5.41) is 2.17. The Bertz CT molecular complexity index is 3030. The second-order valence-electron chi connectivity index (χ2n) is 15.6. The number of benzene rings is 7. The molecule has 0 aliphatic carbocycles. The van der Waals surface area contributed by atoms with Gasteiger partial charge in [-0.3, -0.25) is 0 Å². The molecule has 7 aromatic carbocycles. The molecule has 2 aromatic heterocycles. The SMILES string of the molecule is [2H]C([2H])([2H])c1cc(-c2ccccc2)c(N2[CH-]N(c3[c-]c(Oc4[c-]c5c(cc4)c4ccccc4n5-c4cc(C(C)(C)C)ccn4)ccc3)c3ccccc32)c(-c2ccccc2)c1.[Pt]. The van der Waals surface area contributed by atoms with Crippen LogP contribution in [-0.4, -0.2) is 9.55 Å². The van der Waals surface area contributed by atoms with Crippen LogP contribution >= 0.6 is 0 Å². The van der Waals surface area contributed by atoms with Gasteiger partial charge in [0.25, 0.3) is 0 Å². The molecule has 0 unspecified atom stereocenters. The number of pyridine rings is 1. The molecule has 0 atom stereocenters. The summed E-state index contributed by atoms with van der Waals surface area (Å²) in [6.07, 6.45) is 1.88. The Balaban J connectivity index is 0.00000490. The molecule has 0 bridgehead atoms. The third-order valence-corrected chi connectivity index (χ3v) is 10.8. The van der Waals surface area contributed by atoms with Crippen LogP contribution in [0.15, 0.2) is 170 Å². The van der Waals surface area contributed by atoms with Crippen LogP contribution in [0.3, 0.4) is 0 Å². The van der Waals surface area contributed by atoms with Gasteiger partial charge in [-0.05, 0) is 82.4 Å². The molecule has 0 N–H and O–H groups in total. The van der Waals surface area contributed by atoms with Crippen molar-refractivity contribution in [1.29, 1.82) is 0 Å². The zero-order chi connectivity index (χ0) is 41.9. The van der Waals surface area contributed by atoms with E-state index >= 15 is 0 Å². The summed E-state index contributed by atoms with van der Waals surface area (Å²) < 4.78 is 34.1. The van der Waals surface area contributed by atoms with E-state index in [1.165, 1.54) is 5.56 Å². The Morgan fingerprint density at radius 2 is 1.27 bits per heavy atom. The largest absolute Gasteiger partial charge is 0.509 e. The predicted octanol–water partition coefficient (Wildman–Crippen LogP) is 13.9. The molecule has 5 nitrogen and oxygen atoms in total. The normalized spacial score (nSPS) is 13.4. The van der Waals surface area contributed by atoms with E-state index in [0.29, 0.717) is 11.5 Å². The molecule has 0 saturated heterocycles. The van der Waals surface area contributed by atoms with Crippen LogP contribution in [0.25, 0.3) is 49.9 Å². The van der Waals surface area contributed by atoms with Crippen LogP contribution in [-0.2, 0) is 26.5 Å². The van der Waals surface area contributed by atoms with E-state index in [0.717, 1.165) is 72.6 Å². The summed E-state index contributed by atoms with van der Waals surface area (Å²) in [5.41, 5.74) is 10.3. The van der Waals surface area contributed by atoms with Crippen LogP contribution in [0, 0.1) is 25.7 Å². The fourth-order valence-corrected chi connectivity index (χ4v) is 7.98. The van der Waals surface area contributed by atoms with Gasteiger partial charge in [0.05, 0.1) is 0 Å². The number of hydrogen-bond acceptors (Lipinski definition) is 4. The fraction of sp³-hybridized carbons (Fsp3) is 0.0943. The number of anilines is 4. The predicted molar refractivity (Wildman–Crippen MR) is 239 cm³/mol. The fourth-order valence-electron chi connectivity index (χ4n) is 7.98. The quantitative estimate of drug-likeness (QED) is 0.149. The number of hydrogen-bond donors (Lipinski definition) is 0.